The molecule has 0 heterocycles. The van der Waals surface area contributed by atoms with E-state index in [1.165, 1.54) is 56.5 Å². The first-order valence-electron chi connectivity index (χ1n) is 26.3. The summed E-state index contributed by atoms with van der Waals surface area (Å²) in [5.41, 5.74) is 16.0. The van der Waals surface area contributed by atoms with Gasteiger partial charge in [-0.1, -0.05) is 211 Å². The maximum Gasteiger partial charge on any atom is 0.0997 e. The fourth-order valence-corrected chi connectivity index (χ4v) is 9.85. The predicted molar refractivity (Wildman–Crippen MR) is 298 cm³/mol. The van der Waals surface area contributed by atoms with Crippen LogP contribution < -0.4 is 0 Å². The van der Waals surface area contributed by atoms with Crippen LogP contribution in [-0.2, 0) is 39.2 Å². The van der Waals surface area contributed by atoms with Gasteiger partial charge in [-0.3, -0.25) is 0 Å². The summed E-state index contributed by atoms with van der Waals surface area (Å²) in [4.78, 5) is 0. The highest BCUT2D eigenvalue weighted by Gasteiger charge is 2.31. The molecule has 67 heavy (non-hydrogen) atoms. The SMILES string of the molecule is C=C(CCc1cc(C(C)(C)C)c(C)c(C(C)(C)C)c1)CCC(CCC)(CCOCC/C=C/C(=C\C(=C/C)C(C)(C)C)C(C)(C)C)CCC(=C)CCc1cc(C(C)(C)C)c(C#N)c(C(C)(C)C)c1. The Bertz CT molecular complexity index is 2010. The van der Waals surface area contributed by atoms with Gasteiger partial charge in [-0.15, -0.1) is 0 Å². The molecule has 0 fully saturated rings. The number of nitriles is 1. The van der Waals surface area contributed by atoms with Gasteiger partial charge in [0.1, 0.15) is 0 Å². The molecule has 1 unspecified atom stereocenters. The quantitative estimate of drug-likeness (QED) is 0.0670. The van der Waals surface area contributed by atoms with E-state index < -0.39 is 0 Å². The molecule has 0 aromatic heterocycles. The Morgan fingerprint density at radius 1 is 0.582 bits per heavy atom. The number of allylic oxidation sites excluding steroid dienone is 7. The van der Waals surface area contributed by atoms with Crippen molar-refractivity contribution in [1.82, 2.24) is 0 Å². The average Bonchev–Trinajstić information content (AvgIpc) is 3.18. The molecule has 0 aliphatic rings. The van der Waals surface area contributed by atoms with Gasteiger partial charge >= 0.3 is 0 Å². The molecule has 2 nitrogen and oxygen atoms in total. The minimum Gasteiger partial charge on any atom is -0.381 e. The molecule has 0 amide bonds. The number of ether oxygens (including phenoxy) is 1. The molecular weight excluding hydrogens is 811 g/mol. The van der Waals surface area contributed by atoms with Crippen molar-refractivity contribution in [2.75, 3.05) is 13.2 Å². The zero-order chi connectivity index (χ0) is 51.4. The topological polar surface area (TPSA) is 33.0 Å². The van der Waals surface area contributed by atoms with Crippen molar-refractivity contribution < 1.29 is 4.74 Å². The Hall–Kier alpha value is -3.41. The first kappa shape index (κ1) is 59.7. The lowest BCUT2D eigenvalue weighted by Gasteiger charge is -2.35. The number of aryl methyl sites for hydroxylation is 2. The lowest BCUT2D eigenvalue weighted by Crippen LogP contribution is -2.24. The van der Waals surface area contributed by atoms with Crippen LogP contribution in [-0.4, -0.2) is 13.2 Å². The van der Waals surface area contributed by atoms with Crippen molar-refractivity contribution in [2.45, 2.75) is 244 Å². The summed E-state index contributed by atoms with van der Waals surface area (Å²) < 4.78 is 6.52. The first-order chi connectivity index (χ1) is 30.6. The Labute approximate surface area is 416 Å². The molecule has 374 valence electrons. The highest BCUT2D eigenvalue weighted by molar-refractivity contribution is 5.52. The van der Waals surface area contributed by atoms with Gasteiger partial charge in [0.25, 0.3) is 0 Å². The summed E-state index contributed by atoms with van der Waals surface area (Å²) in [6.45, 7) is 59.0. The van der Waals surface area contributed by atoms with Gasteiger partial charge in [-0.2, -0.15) is 5.26 Å². The third kappa shape index (κ3) is 19.1. The highest BCUT2D eigenvalue weighted by atomic mass is 16.5. The molecule has 2 heteroatoms. The highest BCUT2D eigenvalue weighted by Crippen LogP contribution is 2.42. The summed E-state index contributed by atoms with van der Waals surface area (Å²) in [5, 5.41) is 10.3. The van der Waals surface area contributed by atoms with Crippen molar-refractivity contribution in [3.63, 3.8) is 0 Å². The van der Waals surface area contributed by atoms with Crippen LogP contribution in [0.1, 0.15) is 247 Å². The monoisotopic (exact) mass is 914 g/mol. The molecule has 2 aromatic rings. The van der Waals surface area contributed by atoms with Crippen molar-refractivity contribution in [3.05, 3.63) is 129 Å². The van der Waals surface area contributed by atoms with Gasteiger partial charge in [0, 0.05) is 6.61 Å². The molecule has 0 spiro atoms. The molecule has 1 atom stereocenters. The fourth-order valence-electron chi connectivity index (χ4n) is 9.85. The van der Waals surface area contributed by atoms with Crippen molar-refractivity contribution in [2.24, 2.45) is 16.2 Å². The van der Waals surface area contributed by atoms with Crippen LogP contribution in [0.3, 0.4) is 0 Å². The zero-order valence-corrected chi connectivity index (χ0v) is 47.8. The molecule has 2 aromatic carbocycles. The first-order valence-corrected chi connectivity index (χ1v) is 26.3. The number of benzene rings is 2. The zero-order valence-electron chi connectivity index (χ0n) is 47.8. The molecule has 0 bridgehead atoms. The van der Waals surface area contributed by atoms with Gasteiger partial charge in [0.05, 0.1) is 18.2 Å². The van der Waals surface area contributed by atoms with Crippen molar-refractivity contribution >= 4 is 0 Å². The summed E-state index contributed by atoms with van der Waals surface area (Å²) >= 11 is 0. The number of rotatable bonds is 22. The minimum absolute atomic E-state index is 0.0578. The smallest absolute Gasteiger partial charge is 0.0997 e. The summed E-state index contributed by atoms with van der Waals surface area (Å²) in [6.07, 6.45) is 21.8. The van der Waals surface area contributed by atoms with Gasteiger partial charge in [0.2, 0.25) is 0 Å². The van der Waals surface area contributed by atoms with E-state index in [-0.39, 0.29) is 37.9 Å². The number of hydrogen-bond donors (Lipinski definition) is 0. The van der Waals surface area contributed by atoms with Gasteiger partial charge < -0.3 is 4.74 Å². The summed E-state index contributed by atoms with van der Waals surface area (Å²) in [7, 11) is 0. The predicted octanol–water partition coefficient (Wildman–Crippen LogP) is 19.4. The van der Waals surface area contributed by atoms with E-state index in [1.54, 1.807) is 0 Å². The van der Waals surface area contributed by atoms with E-state index in [4.69, 9.17) is 17.9 Å². The van der Waals surface area contributed by atoms with Crippen LogP contribution in [0.25, 0.3) is 0 Å². The largest absolute Gasteiger partial charge is 0.381 e. The molecular formula is C65H103NO. The Morgan fingerprint density at radius 2 is 1.00 bits per heavy atom. The van der Waals surface area contributed by atoms with E-state index >= 15 is 0 Å². The second-order valence-electron chi connectivity index (χ2n) is 26.6. The van der Waals surface area contributed by atoms with E-state index in [1.807, 2.05) is 0 Å². The van der Waals surface area contributed by atoms with E-state index in [0.29, 0.717) is 0 Å². The fraction of sp³-hybridized carbons (Fsp3) is 0.646. The van der Waals surface area contributed by atoms with Crippen LogP contribution in [0, 0.1) is 34.5 Å². The Balaban J connectivity index is 2.35. The normalized spacial score (nSPS) is 14.7. The second-order valence-corrected chi connectivity index (χ2v) is 26.6. The van der Waals surface area contributed by atoms with Crippen LogP contribution in [0.2, 0.25) is 0 Å². The van der Waals surface area contributed by atoms with Crippen LogP contribution in [0.4, 0.5) is 0 Å². The summed E-state index contributed by atoms with van der Waals surface area (Å²) in [6, 6.07) is 12.1. The maximum atomic E-state index is 10.3. The lowest BCUT2D eigenvalue weighted by atomic mass is 9.71. The molecule has 0 aliphatic heterocycles. The lowest BCUT2D eigenvalue weighted by molar-refractivity contribution is 0.0818. The molecule has 0 saturated heterocycles. The number of nitrogens with zero attached hydrogens (tertiary/aromatic N) is 1. The molecule has 0 saturated carbocycles. The van der Waals surface area contributed by atoms with Gasteiger partial charge in [-0.05, 0) is 172 Å². The molecule has 2 rings (SSSR count). The Morgan fingerprint density at radius 3 is 1.36 bits per heavy atom. The molecule has 0 N–H and O–H groups in total. The third-order valence-corrected chi connectivity index (χ3v) is 14.2. The standard InChI is InChI=1S/C65H103NO/c1-24-35-65(38-40-67-39-27-26-28-53(60(9,10)11)45-52(25-2)59(6,7)8,36-33-47(3)29-31-50-41-55(61(12,13)14)49(5)56(42-50)62(15,16)17)37-34-48(4)30-32-51-43-57(63(18,19)20)54(46-66)58(44-51)64(21,22)23/h25-26,28,41-45H,3-4,24,27,29-40H2,1-2,5-23H3/b28-26+,52-25+,53-45+. The van der Waals surface area contributed by atoms with E-state index in [2.05, 4.69) is 200 Å². The van der Waals surface area contributed by atoms with Crippen molar-refractivity contribution in [3.8, 4) is 6.07 Å². The van der Waals surface area contributed by atoms with E-state index in [9.17, 15) is 5.26 Å². The van der Waals surface area contributed by atoms with Crippen molar-refractivity contribution in [1.29, 1.82) is 5.26 Å². The van der Waals surface area contributed by atoms with Crippen LogP contribution in [0.5, 0.6) is 0 Å². The summed E-state index contributed by atoms with van der Waals surface area (Å²) in [5.74, 6) is 0. The molecule has 0 radical (unpaired) electrons. The van der Waals surface area contributed by atoms with Gasteiger partial charge in [0.15, 0.2) is 0 Å². The van der Waals surface area contributed by atoms with Crippen LogP contribution in [0.15, 0.2) is 84.0 Å². The Kier molecular flexibility index (Phi) is 21.8. The van der Waals surface area contributed by atoms with E-state index in [0.717, 1.165) is 101 Å². The van der Waals surface area contributed by atoms with Crippen LogP contribution >= 0.6 is 0 Å². The average molecular weight is 915 g/mol. The second kappa shape index (κ2) is 24.4. The minimum atomic E-state index is -0.111. The number of hydrogen-bond acceptors (Lipinski definition) is 2. The third-order valence-electron chi connectivity index (χ3n) is 14.2. The molecule has 0 aliphatic carbocycles. The van der Waals surface area contributed by atoms with Gasteiger partial charge in [-0.25, -0.2) is 0 Å². The maximum absolute atomic E-state index is 10.3.